The molecule has 8 nitrogen and oxygen atoms in total. The van der Waals surface area contributed by atoms with Crippen LogP contribution in [0.5, 0.6) is 0 Å². The van der Waals surface area contributed by atoms with Crippen LogP contribution in [0, 0.1) is 17.0 Å². The van der Waals surface area contributed by atoms with Crippen LogP contribution in [0.3, 0.4) is 0 Å². The van der Waals surface area contributed by atoms with Crippen molar-refractivity contribution in [2.24, 2.45) is 5.10 Å². The Morgan fingerprint density at radius 2 is 2.35 bits per heavy atom. The molecule has 0 saturated carbocycles. The average Bonchev–Trinajstić information content (AvgIpc) is 2.85. The lowest BCUT2D eigenvalue weighted by Gasteiger charge is -1.97. The molecule has 0 aliphatic rings. The zero-order valence-electron chi connectivity index (χ0n) is 10.4. The SMILES string of the molecule is Cc1oncc1C(=O)NN=Cc1cccc([N+](=O)[O-])c1. The Labute approximate surface area is 113 Å². The summed E-state index contributed by atoms with van der Waals surface area (Å²) in [4.78, 5) is 21.8. The molecule has 2 aromatic rings. The van der Waals surface area contributed by atoms with Crippen LogP contribution in [0.1, 0.15) is 21.7 Å². The van der Waals surface area contributed by atoms with Crippen molar-refractivity contribution in [1.82, 2.24) is 10.6 Å². The van der Waals surface area contributed by atoms with Gasteiger partial charge in [0.15, 0.2) is 0 Å². The number of nitrogens with one attached hydrogen (secondary N) is 1. The number of nitro benzene ring substituents is 1. The number of carbonyl (C=O) groups is 1. The van der Waals surface area contributed by atoms with Gasteiger partial charge in [-0.1, -0.05) is 17.3 Å². The molecule has 1 aromatic heterocycles. The third-order valence-electron chi connectivity index (χ3n) is 2.46. The van der Waals surface area contributed by atoms with Crippen molar-refractivity contribution >= 4 is 17.8 Å². The quantitative estimate of drug-likeness (QED) is 0.517. The molecule has 0 unspecified atom stereocenters. The topological polar surface area (TPSA) is 111 Å². The van der Waals surface area contributed by atoms with Crippen LogP contribution < -0.4 is 5.43 Å². The highest BCUT2D eigenvalue weighted by Crippen LogP contribution is 2.11. The van der Waals surface area contributed by atoms with Crippen molar-refractivity contribution in [3.05, 3.63) is 57.5 Å². The summed E-state index contributed by atoms with van der Waals surface area (Å²) in [6.45, 7) is 1.60. The van der Waals surface area contributed by atoms with E-state index in [1.165, 1.54) is 30.6 Å². The number of amides is 1. The second kappa shape index (κ2) is 5.74. The lowest BCUT2D eigenvalue weighted by Crippen LogP contribution is -2.17. The Kier molecular flexibility index (Phi) is 3.85. The minimum Gasteiger partial charge on any atom is -0.361 e. The second-order valence-corrected chi connectivity index (χ2v) is 3.85. The van der Waals surface area contributed by atoms with Crippen LogP contribution in [0.25, 0.3) is 0 Å². The van der Waals surface area contributed by atoms with Crippen molar-refractivity contribution < 1.29 is 14.2 Å². The van der Waals surface area contributed by atoms with E-state index in [9.17, 15) is 14.9 Å². The summed E-state index contributed by atoms with van der Waals surface area (Å²) in [5, 5.41) is 17.8. The van der Waals surface area contributed by atoms with Gasteiger partial charge in [-0.05, 0) is 6.92 Å². The van der Waals surface area contributed by atoms with E-state index in [2.05, 4.69) is 15.7 Å². The fourth-order valence-electron chi connectivity index (χ4n) is 1.46. The number of nitrogens with zero attached hydrogens (tertiary/aromatic N) is 3. The van der Waals surface area contributed by atoms with Gasteiger partial charge in [0.25, 0.3) is 11.6 Å². The van der Waals surface area contributed by atoms with Gasteiger partial charge in [0, 0.05) is 17.7 Å². The number of carbonyl (C=O) groups excluding carboxylic acids is 1. The van der Waals surface area contributed by atoms with E-state index >= 15 is 0 Å². The van der Waals surface area contributed by atoms with E-state index in [4.69, 9.17) is 4.52 Å². The molecule has 0 atom stereocenters. The number of aryl methyl sites for hydroxylation is 1. The fourth-order valence-corrected chi connectivity index (χ4v) is 1.46. The number of rotatable bonds is 4. The van der Waals surface area contributed by atoms with E-state index in [0.717, 1.165) is 0 Å². The van der Waals surface area contributed by atoms with Crippen LogP contribution in [-0.4, -0.2) is 22.2 Å². The highest BCUT2D eigenvalue weighted by atomic mass is 16.6. The second-order valence-electron chi connectivity index (χ2n) is 3.85. The highest BCUT2D eigenvalue weighted by molar-refractivity contribution is 5.95. The normalized spacial score (nSPS) is 10.7. The van der Waals surface area contributed by atoms with Crippen LogP contribution in [0.4, 0.5) is 5.69 Å². The molecule has 0 aliphatic carbocycles. The Morgan fingerprint density at radius 3 is 3.00 bits per heavy atom. The van der Waals surface area contributed by atoms with Crippen molar-refractivity contribution in [2.75, 3.05) is 0 Å². The summed E-state index contributed by atoms with van der Waals surface area (Å²) < 4.78 is 4.75. The Morgan fingerprint density at radius 1 is 1.55 bits per heavy atom. The van der Waals surface area contributed by atoms with Crippen LogP contribution in [0.2, 0.25) is 0 Å². The van der Waals surface area contributed by atoms with E-state index in [0.29, 0.717) is 11.3 Å². The molecule has 1 aromatic carbocycles. The molecule has 102 valence electrons. The van der Waals surface area contributed by atoms with Gasteiger partial charge in [-0.3, -0.25) is 14.9 Å². The Hall–Kier alpha value is -3.03. The molecule has 0 spiro atoms. The van der Waals surface area contributed by atoms with Crippen LogP contribution in [0.15, 0.2) is 40.1 Å². The number of benzene rings is 1. The minimum absolute atomic E-state index is 0.0462. The first-order valence-electron chi connectivity index (χ1n) is 5.57. The molecule has 1 heterocycles. The lowest BCUT2D eigenvalue weighted by molar-refractivity contribution is -0.384. The van der Waals surface area contributed by atoms with Gasteiger partial charge in [0.2, 0.25) is 0 Å². The van der Waals surface area contributed by atoms with Gasteiger partial charge in [-0.15, -0.1) is 0 Å². The van der Waals surface area contributed by atoms with Gasteiger partial charge in [0.05, 0.1) is 17.3 Å². The number of hydrogen-bond acceptors (Lipinski definition) is 6. The number of hydrogen-bond donors (Lipinski definition) is 1. The van der Waals surface area contributed by atoms with Crippen molar-refractivity contribution in [3.8, 4) is 0 Å². The summed E-state index contributed by atoms with van der Waals surface area (Å²) in [5.41, 5.74) is 3.02. The zero-order valence-corrected chi connectivity index (χ0v) is 10.4. The summed E-state index contributed by atoms with van der Waals surface area (Å²) in [5.74, 6) is -0.0847. The van der Waals surface area contributed by atoms with Gasteiger partial charge in [-0.25, -0.2) is 5.43 Å². The van der Waals surface area contributed by atoms with Gasteiger partial charge in [0.1, 0.15) is 11.3 Å². The summed E-state index contributed by atoms with van der Waals surface area (Å²) in [7, 11) is 0. The first-order chi connectivity index (χ1) is 9.58. The lowest BCUT2D eigenvalue weighted by atomic mass is 10.2. The summed E-state index contributed by atoms with van der Waals surface area (Å²) in [6.07, 6.45) is 2.60. The molecule has 0 aliphatic heterocycles. The number of nitro groups is 1. The molecule has 1 N–H and O–H groups in total. The third-order valence-corrected chi connectivity index (χ3v) is 2.46. The number of aromatic nitrogens is 1. The molecule has 8 heteroatoms. The predicted molar refractivity (Wildman–Crippen MR) is 69.4 cm³/mol. The standard InChI is InChI=1S/C12H10N4O4/c1-8-11(7-14-20-8)12(17)15-13-6-9-3-2-4-10(5-9)16(18)19/h2-7H,1H3,(H,15,17). The first-order valence-corrected chi connectivity index (χ1v) is 5.57. The number of hydrazone groups is 1. The van der Waals surface area contributed by atoms with E-state index < -0.39 is 10.8 Å². The monoisotopic (exact) mass is 274 g/mol. The van der Waals surface area contributed by atoms with Gasteiger partial charge >= 0.3 is 0 Å². The number of non-ortho nitro benzene ring substituents is 1. The van der Waals surface area contributed by atoms with E-state index in [1.54, 1.807) is 13.0 Å². The Bertz CT molecular complexity index is 678. The molecule has 0 bridgehead atoms. The third kappa shape index (κ3) is 3.05. The maximum Gasteiger partial charge on any atom is 0.276 e. The van der Waals surface area contributed by atoms with Crippen LogP contribution >= 0.6 is 0 Å². The molecular weight excluding hydrogens is 264 g/mol. The maximum absolute atomic E-state index is 11.7. The van der Waals surface area contributed by atoms with Crippen LogP contribution in [-0.2, 0) is 0 Å². The van der Waals surface area contributed by atoms with Crippen molar-refractivity contribution in [3.63, 3.8) is 0 Å². The predicted octanol–water partition coefficient (Wildman–Crippen LogP) is 1.66. The van der Waals surface area contributed by atoms with E-state index in [1.807, 2.05) is 0 Å². The van der Waals surface area contributed by atoms with Crippen molar-refractivity contribution in [1.29, 1.82) is 0 Å². The highest BCUT2D eigenvalue weighted by Gasteiger charge is 2.11. The first kappa shape index (κ1) is 13.4. The van der Waals surface area contributed by atoms with Crippen molar-refractivity contribution in [2.45, 2.75) is 6.92 Å². The Balaban J connectivity index is 2.04. The molecule has 0 fully saturated rings. The summed E-state index contributed by atoms with van der Waals surface area (Å²) >= 11 is 0. The van der Waals surface area contributed by atoms with E-state index in [-0.39, 0.29) is 11.3 Å². The average molecular weight is 274 g/mol. The minimum atomic E-state index is -0.504. The molecule has 20 heavy (non-hydrogen) atoms. The van der Waals surface area contributed by atoms with Gasteiger partial charge in [-0.2, -0.15) is 5.10 Å². The molecule has 0 saturated heterocycles. The van der Waals surface area contributed by atoms with Gasteiger partial charge < -0.3 is 4.52 Å². The molecule has 2 rings (SSSR count). The molecule has 0 radical (unpaired) electrons. The molecule has 1 amide bonds. The smallest absolute Gasteiger partial charge is 0.276 e. The summed E-state index contributed by atoms with van der Waals surface area (Å²) in [6, 6.07) is 5.88. The fraction of sp³-hybridized carbons (Fsp3) is 0.0833. The maximum atomic E-state index is 11.7. The zero-order chi connectivity index (χ0) is 14.5. The molecular formula is C12H10N4O4. The largest absolute Gasteiger partial charge is 0.361 e.